The van der Waals surface area contributed by atoms with Gasteiger partial charge in [0, 0.05) is 5.69 Å². The summed E-state index contributed by atoms with van der Waals surface area (Å²) in [5, 5.41) is 20.8. The first-order chi connectivity index (χ1) is 10.2. The van der Waals surface area contributed by atoms with Crippen molar-refractivity contribution in [3.63, 3.8) is 0 Å². The number of nitrogens with zero attached hydrogens (tertiary/aromatic N) is 1. The predicted molar refractivity (Wildman–Crippen MR) is 80.3 cm³/mol. The van der Waals surface area contributed by atoms with Crippen molar-refractivity contribution in [2.75, 3.05) is 17.0 Å². The van der Waals surface area contributed by atoms with Gasteiger partial charge in [0.1, 0.15) is 0 Å². The second-order valence-corrected chi connectivity index (χ2v) is 4.14. The van der Waals surface area contributed by atoms with Crippen LogP contribution in [0.1, 0.15) is 0 Å². The Bertz CT molecular complexity index is 602. The average Bonchev–Trinajstić information content (AvgIpc) is 2.49. The second-order valence-electron chi connectivity index (χ2n) is 4.14. The van der Waals surface area contributed by atoms with E-state index in [0.29, 0.717) is 11.4 Å². The van der Waals surface area contributed by atoms with Crippen molar-refractivity contribution in [2.45, 2.75) is 0 Å². The van der Waals surface area contributed by atoms with E-state index in [9.17, 15) is 4.79 Å². The summed E-state index contributed by atoms with van der Waals surface area (Å²) in [7, 11) is 0. The van der Waals surface area contributed by atoms with Crippen LogP contribution in [-0.4, -0.2) is 23.6 Å². The molecule has 21 heavy (non-hydrogen) atoms. The van der Waals surface area contributed by atoms with E-state index < -0.39 is 12.6 Å². The van der Waals surface area contributed by atoms with Gasteiger partial charge in [-0.25, -0.2) is 4.79 Å². The summed E-state index contributed by atoms with van der Waals surface area (Å²) in [6, 6.07) is 18.0. The molecule has 0 bridgehead atoms. The fraction of sp³-hybridized carbons (Fsp3) is 0.0667. The molecule has 0 aliphatic rings. The van der Waals surface area contributed by atoms with Gasteiger partial charge in [-0.2, -0.15) is 5.06 Å². The van der Waals surface area contributed by atoms with Gasteiger partial charge in [-0.1, -0.05) is 36.4 Å². The molecule has 0 fully saturated rings. The van der Waals surface area contributed by atoms with Crippen LogP contribution in [0, 0.1) is 5.41 Å². The van der Waals surface area contributed by atoms with Gasteiger partial charge < -0.3 is 10.4 Å². The minimum absolute atomic E-state index is 0.0753. The molecule has 0 saturated carbocycles. The fourth-order valence-electron chi connectivity index (χ4n) is 1.66. The number of carboxylic acids is 1. The molecule has 3 N–H and O–H groups in total. The quantitative estimate of drug-likeness (QED) is 0.446. The largest absolute Gasteiger partial charge is 0.479 e. The molecular weight excluding hydrogens is 270 g/mol. The van der Waals surface area contributed by atoms with E-state index in [4.69, 9.17) is 15.4 Å². The molecule has 0 aromatic heterocycles. The van der Waals surface area contributed by atoms with Crippen LogP contribution >= 0.6 is 0 Å². The minimum Gasteiger partial charge on any atom is -0.479 e. The molecule has 0 spiro atoms. The van der Waals surface area contributed by atoms with E-state index in [-0.39, 0.29) is 5.96 Å². The number of benzene rings is 2. The summed E-state index contributed by atoms with van der Waals surface area (Å²) in [5.74, 6) is -1.18. The predicted octanol–water partition coefficient (Wildman–Crippen LogP) is 2.56. The van der Waals surface area contributed by atoms with Gasteiger partial charge in [0.2, 0.25) is 5.96 Å². The van der Waals surface area contributed by atoms with Crippen molar-refractivity contribution >= 4 is 23.3 Å². The number of hydroxylamine groups is 1. The van der Waals surface area contributed by atoms with Gasteiger partial charge in [-0.15, -0.1) is 0 Å². The fourth-order valence-corrected chi connectivity index (χ4v) is 1.66. The van der Waals surface area contributed by atoms with E-state index in [1.54, 1.807) is 36.4 Å². The molecule has 0 heterocycles. The molecule has 0 aliphatic carbocycles. The average molecular weight is 285 g/mol. The van der Waals surface area contributed by atoms with Gasteiger partial charge in [0.25, 0.3) is 0 Å². The lowest BCUT2D eigenvalue weighted by Gasteiger charge is -2.23. The van der Waals surface area contributed by atoms with Crippen molar-refractivity contribution in [3.8, 4) is 0 Å². The number of nitrogens with one attached hydrogen (secondary N) is 2. The number of para-hydroxylation sites is 2. The Balaban J connectivity index is 2.14. The lowest BCUT2D eigenvalue weighted by Crippen LogP contribution is -2.37. The Hall–Kier alpha value is -2.86. The molecule has 0 saturated heterocycles. The van der Waals surface area contributed by atoms with Crippen LogP contribution in [0.3, 0.4) is 0 Å². The number of guanidine groups is 1. The number of anilines is 2. The molecule has 2 aromatic rings. The number of aliphatic carboxylic acids is 1. The Morgan fingerprint density at radius 2 is 1.67 bits per heavy atom. The monoisotopic (exact) mass is 285 g/mol. The molecule has 0 amide bonds. The molecular formula is C15H15N3O3. The number of carbonyl (C=O) groups is 1. The minimum atomic E-state index is -1.11. The smallest absolute Gasteiger partial charge is 0.332 e. The molecule has 2 aromatic carbocycles. The number of carboxylic acid groups (broad SMARTS) is 1. The molecule has 6 heteroatoms. The number of hydrogen-bond acceptors (Lipinski definition) is 3. The third kappa shape index (κ3) is 4.32. The van der Waals surface area contributed by atoms with E-state index in [1.807, 2.05) is 24.3 Å². The summed E-state index contributed by atoms with van der Waals surface area (Å²) in [6.07, 6.45) is 0. The summed E-state index contributed by atoms with van der Waals surface area (Å²) >= 11 is 0. The zero-order valence-electron chi connectivity index (χ0n) is 11.2. The summed E-state index contributed by atoms with van der Waals surface area (Å²) < 4.78 is 0. The highest BCUT2D eigenvalue weighted by atomic mass is 16.7. The standard InChI is InChI=1S/C15H15N3O3/c16-15(17-12-7-3-1-4-8-12)18(21-11-14(19)20)13-9-5-2-6-10-13/h1-10H,11H2,(H2,16,17)(H,19,20). The van der Waals surface area contributed by atoms with Gasteiger partial charge in [-0.05, 0) is 24.3 Å². The molecule has 108 valence electrons. The molecule has 6 nitrogen and oxygen atoms in total. The number of hydrogen-bond donors (Lipinski definition) is 3. The molecule has 0 aliphatic heterocycles. The first-order valence-electron chi connectivity index (χ1n) is 6.27. The molecule has 0 unspecified atom stereocenters. The maximum Gasteiger partial charge on any atom is 0.332 e. The Morgan fingerprint density at radius 3 is 2.24 bits per heavy atom. The van der Waals surface area contributed by atoms with Gasteiger partial charge in [0.15, 0.2) is 6.61 Å². The van der Waals surface area contributed by atoms with Crippen molar-refractivity contribution in [3.05, 3.63) is 60.7 Å². The summed E-state index contributed by atoms with van der Waals surface area (Å²) in [5.41, 5.74) is 1.27. The topological polar surface area (TPSA) is 85.7 Å². The third-order valence-corrected chi connectivity index (χ3v) is 2.55. The molecule has 0 radical (unpaired) electrons. The zero-order valence-corrected chi connectivity index (χ0v) is 11.2. The van der Waals surface area contributed by atoms with Crippen LogP contribution in [0.5, 0.6) is 0 Å². The van der Waals surface area contributed by atoms with E-state index in [1.165, 1.54) is 0 Å². The van der Waals surface area contributed by atoms with Crippen LogP contribution < -0.4 is 10.4 Å². The van der Waals surface area contributed by atoms with E-state index in [2.05, 4.69) is 5.32 Å². The van der Waals surface area contributed by atoms with Gasteiger partial charge in [0.05, 0.1) is 5.69 Å². The zero-order chi connectivity index (χ0) is 15.1. The van der Waals surface area contributed by atoms with Crippen molar-refractivity contribution in [1.82, 2.24) is 0 Å². The Labute approximate surface area is 122 Å². The SMILES string of the molecule is N=C(Nc1ccccc1)N(OCC(=O)O)c1ccccc1. The Kier molecular flexibility index (Phi) is 4.89. The van der Waals surface area contributed by atoms with Gasteiger partial charge >= 0.3 is 5.97 Å². The van der Waals surface area contributed by atoms with Crippen molar-refractivity contribution < 1.29 is 14.7 Å². The first kappa shape index (κ1) is 14.5. The van der Waals surface area contributed by atoms with Crippen LogP contribution in [0.15, 0.2) is 60.7 Å². The summed E-state index contributed by atoms with van der Waals surface area (Å²) in [4.78, 5) is 15.8. The second kappa shape index (κ2) is 7.06. The lowest BCUT2D eigenvalue weighted by molar-refractivity contribution is -0.142. The normalized spacial score (nSPS) is 9.90. The highest BCUT2D eigenvalue weighted by Crippen LogP contribution is 2.15. The van der Waals surface area contributed by atoms with Crippen molar-refractivity contribution in [2.24, 2.45) is 0 Å². The Morgan fingerprint density at radius 1 is 1.10 bits per heavy atom. The van der Waals surface area contributed by atoms with Crippen LogP contribution in [-0.2, 0) is 9.63 Å². The van der Waals surface area contributed by atoms with Gasteiger partial charge in [-0.3, -0.25) is 10.2 Å². The maximum absolute atomic E-state index is 10.7. The van der Waals surface area contributed by atoms with E-state index >= 15 is 0 Å². The first-order valence-corrected chi connectivity index (χ1v) is 6.27. The molecule has 0 atom stereocenters. The van der Waals surface area contributed by atoms with Crippen LogP contribution in [0.4, 0.5) is 11.4 Å². The lowest BCUT2D eigenvalue weighted by atomic mass is 10.3. The highest BCUT2D eigenvalue weighted by molar-refractivity contribution is 6.01. The highest BCUT2D eigenvalue weighted by Gasteiger charge is 2.15. The van der Waals surface area contributed by atoms with Crippen LogP contribution in [0.25, 0.3) is 0 Å². The maximum atomic E-state index is 10.7. The number of rotatable bonds is 5. The van der Waals surface area contributed by atoms with E-state index in [0.717, 1.165) is 5.06 Å². The van der Waals surface area contributed by atoms with Crippen LogP contribution in [0.2, 0.25) is 0 Å². The third-order valence-electron chi connectivity index (χ3n) is 2.55. The van der Waals surface area contributed by atoms with Crippen molar-refractivity contribution in [1.29, 1.82) is 5.41 Å². The molecule has 2 rings (SSSR count). The summed E-state index contributed by atoms with van der Waals surface area (Å²) in [6.45, 7) is -0.534.